The first-order valence-electron chi connectivity index (χ1n) is 16.2. The molecular weight excluding hydrogens is 580 g/mol. The Bertz CT molecular complexity index is 1970. The molecule has 1 radical (unpaired) electrons. The number of piperidine rings is 1. The maximum Gasteiger partial charge on any atom is 0.346 e. The van der Waals surface area contributed by atoms with Crippen LogP contribution < -0.4 is 20.9 Å². The number of nitrogens with one attached hydrogen (secondary N) is 2. The Balaban J connectivity index is 1.18. The predicted octanol–water partition coefficient (Wildman–Crippen LogP) is 8.38. The number of benzene rings is 5. The molecule has 3 aliphatic rings. The van der Waals surface area contributed by atoms with E-state index < -0.39 is 0 Å². The number of hydrogen-bond donors (Lipinski definition) is 2. The van der Waals surface area contributed by atoms with Gasteiger partial charge in [-0.3, -0.25) is 4.99 Å². The summed E-state index contributed by atoms with van der Waals surface area (Å²) in [6.07, 6.45) is 6.32. The number of carbonyl (C=O) groups is 1. The van der Waals surface area contributed by atoms with Crippen LogP contribution in [0, 0.1) is 0 Å². The lowest BCUT2D eigenvalue weighted by Crippen LogP contribution is -2.39. The van der Waals surface area contributed by atoms with Gasteiger partial charge in [-0.2, -0.15) is 5.32 Å². The molecule has 0 saturated carbocycles. The van der Waals surface area contributed by atoms with Crippen LogP contribution in [-0.4, -0.2) is 38.0 Å². The van der Waals surface area contributed by atoms with Gasteiger partial charge in [-0.25, -0.2) is 9.79 Å². The molecule has 7 nitrogen and oxygen atoms in total. The second-order valence-corrected chi connectivity index (χ2v) is 12.4. The quantitative estimate of drug-likeness (QED) is 0.193. The van der Waals surface area contributed by atoms with Crippen molar-refractivity contribution in [2.24, 2.45) is 9.98 Å². The summed E-state index contributed by atoms with van der Waals surface area (Å²) in [5.74, 6) is 0.319. The minimum atomic E-state index is -0.278. The van der Waals surface area contributed by atoms with Crippen LogP contribution in [0.1, 0.15) is 29.9 Å². The molecule has 3 heterocycles. The Morgan fingerprint density at radius 1 is 0.766 bits per heavy atom. The summed E-state index contributed by atoms with van der Waals surface area (Å²) >= 11 is 0. The Kier molecular flexibility index (Phi) is 7.81. The molecule has 0 bridgehead atoms. The second kappa shape index (κ2) is 12.7. The van der Waals surface area contributed by atoms with Crippen molar-refractivity contribution in [2.75, 3.05) is 23.4 Å². The third-order valence-electron chi connectivity index (χ3n) is 9.43. The highest BCUT2D eigenvalue weighted by Gasteiger charge is 2.30. The minimum Gasteiger partial charge on any atom is -0.314 e. The third kappa shape index (κ3) is 5.93. The Hall–Kier alpha value is -5.53. The molecule has 3 aliphatic heterocycles. The van der Waals surface area contributed by atoms with Crippen LogP contribution in [0.5, 0.6) is 0 Å². The number of carbonyl (C=O) groups excluding carboxylic acids is 1. The van der Waals surface area contributed by atoms with Crippen LogP contribution in [0.4, 0.5) is 21.9 Å². The molecule has 2 N–H and O–H groups in total. The first-order valence-corrected chi connectivity index (χ1v) is 16.2. The van der Waals surface area contributed by atoms with E-state index in [1.54, 1.807) is 6.34 Å². The summed E-state index contributed by atoms with van der Waals surface area (Å²) < 4.78 is 0. The third-order valence-corrected chi connectivity index (χ3v) is 9.43. The zero-order valence-electron chi connectivity index (χ0n) is 26.0. The van der Waals surface area contributed by atoms with Crippen molar-refractivity contribution in [1.82, 2.24) is 10.6 Å². The van der Waals surface area contributed by atoms with Gasteiger partial charge in [0.15, 0.2) is 0 Å². The molecule has 2 atom stereocenters. The number of nitrogens with zero attached hydrogens (tertiary/aromatic N) is 4. The van der Waals surface area contributed by atoms with Crippen LogP contribution in [0.3, 0.4) is 0 Å². The van der Waals surface area contributed by atoms with E-state index in [0.29, 0.717) is 12.6 Å². The molecule has 0 aromatic heterocycles. The number of rotatable bonds is 7. The number of amides is 2. The lowest BCUT2D eigenvalue weighted by molar-refractivity contribution is 0.256. The molecule has 1 unspecified atom stereocenters. The van der Waals surface area contributed by atoms with E-state index in [1.165, 1.54) is 27.8 Å². The molecular formula is C40H35N6O. The molecule has 5 aromatic carbocycles. The van der Waals surface area contributed by atoms with Gasteiger partial charge in [0.05, 0.1) is 23.4 Å². The fourth-order valence-electron chi connectivity index (χ4n) is 7.16. The summed E-state index contributed by atoms with van der Waals surface area (Å²) in [7, 11) is 0. The van der Waals surface area contributed by atoms with Crippen molar-refractivity contribution in [3.05, 3.63) is 126 Å². The van der Waals surface area contributed by atoms with Crippen LogP contribution >= 0.6 is 0 Å². The largest absolute Gasteiger partial charge is 0.346 e. The molecule has 0 aliphatic carbocycles. The van der Waals surface area contributed by atoms with Crippen LogP contribution in [-0.2, 0) is 6.42 Å². The summed E-state index contributed by atoms with van der Waals surface area (Å²) in [4.78, 5) is 23.1. The van der Waals surface area contributed by atoms with Crippen molar-refractivity contribution in [3.8, 4) is 33.4 Å². The Labute approximate surface area is 275 Å². The van der Waals surface area contributed by atoms with E-state index >= 15 is 0 Å². The Morgan fingerprint density at radius 3 is 2.26 bits per heavy atom. The topological polar surface area (TPSA) is 83.2 Å². The van der Waals surface area contributed by atoms with Crippen molar-refractivity contribution in [1.29, 1.82) is 0 Å². The van der Waals surface area contributed by atoms with E-state index in [2.05, 4.69) is 128 Å². The standard InChI is InChI=1S/C40H35N6O/c47-40-44-37-13-7-12-34(39(37)45-40)31-18-19-43-33(20-31)21-32-22-36(30-16-14-28(15-17-30)27-8-3-1-4-9-27)38(46-25-41-24-42-26-46)23-35(32)29-10-5-2-6-11-29/h1-17,22-25,31,33,43H,18-21,26H2,(H,44,47)/t31?,33-/m1/s1. The lowest BCUT2D eigenvalue weighted by Gasteiger charge is -2.32. The van der Waals surface area contributed by atoms with Gasteiger partial charge < -0.3 is 15.5 Å². The van der Waals surface area contributed by atoms with Gasteiger partial charge in [-0.15, -0.1) is 0 Å². The normalized spacial score (nSPS) is 18.5. The van der Waals surface area contributed by atoms with Crippen LogP contribution in [0.2, 0.25) is 0 Å². The summed E-state index contributed by atoms with van der Waals surface area (Å²) in [5.41, 5.74) is 12.2. The highest BCUT2D eigenvalue weighted by Crippen LogP contribution is 2.42. The summed E-state index contributed by atoms with van der Waals surface area (Å²) in [5, 5.41) is 11.0. The molecule has 2 amide bonds. The van der Waals surface area contributed by atoms with E-state index in [0.717, 1.165) is 59.6 Å². The number of urea groups is 1. The van der Waals surface area contributed by atoms with Crippen molar-refractivity contribution >= 4 is 35.8 Å². The van der Waals surface area contributed by atoms with Crippen molar-refractivity contribution < 1.29 is 4.79 Å². The van der Waals surface area contributed by atoms with Crippen LogP contribution in [0.15, 0.2) is 125 Å². The van der Waals surface area contributed by atoms with Crippen LogP contribution in [0.25, 0.3) is 33.4 Å². The number of para-hydroxylation sites is 1. The van der Waals surface area contributed by atoms with E-state index in [1.807, 2.05) is 24.5 Å². The minimum absolute atomic E-state index is 0.262. The molecule has 8 rings (SSSR count). The van der Waals surface area contributed by atoms with Gasteiger partial charge >= 0.3 is 6.03 Å². The SMILES string of the molecule is O=C1[N]c2c(cccc2C2CCN[C@@H](Cc3cc(-c4ccc(-c5ccccc5)cc4)c(N4C=NC=NC4)cc3-c3ccccc3)C2)N1. The van der Waals surface area contributed by atoms with Gasteiger partial charge in [-0.05, 0) is 88.9 Å². The summed E-state index contributed by atoms with van der Waals surface area (Å²) in [6.45, 7) is 1.43. The predicted molar refractivity (Wildman–Crippen MR) is 192 cm³/mol. The second-order valence-electron chi connectivity index (χ2n) is 12.4. The zero-order chi connectivity index (χ0) is 31.6. The smallest absolute Gasteiger partial charge is 0.314 e. The first kappa shape index (κ1) is 28.9. The Morgan fingerprint density at radius 2 is 1.49 bits per heavy atom. The van der Waals surface area contributed by atoms with Gasteiger partial charge in [-0.1, -0.05) is 97.1 Å². The average Bonchev–Trinajstić information content (AvgIpc) is 3.53. The average molecular weight is 616 g/mol. The highest BCUT2D eigenvalue weighted by molar-refractivity contribution is 6.03. The number of hydrogen-bond acceptors (Lipinski definition) is 5. The molecule has 231 valence electrons. The number of anilines is 2. The monoisotopic (exact) mass is 615 g/mol. The van der Waals surface area contributed by atoms with Gasteiger partial charge in [0.25, 0.3) is 0 Å². The molecule has 7 heteroatoms. The molecule has 1 fully saturated rings. The van der Waals surface area contributed by atoms with Crippen molar-refractivity contribution in [2.45, 2.75) is 31.2 Å². The highest BCUT2D eigenvalue weighted by atomic mass is 16.2. The molecule has 47 heavy (non-hydrogen) atoms. The van der Waals surface area contributed by atoms with E-state index in [9.17, 15) is 4.79 Å². The first-order chi connectivity index (χ1) is 23.2. The number of fused-ring (bicyclic) bond motifs is 1. The fourth-order valence-corrected chi connectivity index (χ4v) is 7.16. The maximum absolute atomic E-state index is 12.1. The van der Waals surface area contributed by atoms with E-state index in [-0.39, 0.29) is 12.1 Å². The molecule has 5 aromatic rings. The van der Waals surface area contributed by atoms with Gasteiger partial charge in [0.1, 0.15) is 13.0 Å². The summed E-state index contributed by atoms with van der Waals surface area (Å²) in [6, 6.07) is 40.8. The number of aliphatic imine (C=N–C) groups is 2. The fraction of sp³-hybridized carbons (Fsp3) is 0.175. The maximum atomic E-state index is 12.1. The molecule has 0 spiro atoms. The van der Waals surface area contributed by atoms with Gasteiger partial charge in [0, 0.05) is 11.6 Å². The lowest BCUT2D eigenvalue weighted by atomic mass is 9.82. The van der Waals surface area contributed by atoms with E-state index in [4.69, 9.17) is 0 Å². The molecule has 1 saturated heterocycles. The zero-order valence-corrected chi connectivity index (χ0v) is 26.0. The van der Waals surface area contributed by atoms with Crippen molar-refractivity contribution in [3.63, 3.8) is 0 Å². The van der Waals surface area contributed by atoms with Gasteiger partial charge in [0.2, 0.25) is 0 Å².